The Balaban J connectivity index is 2.05. The second-order valence-corrected chi connectivity index (χ2v) is 6.52. The highest BCUT2D eigenvalue weighted by Gasteiger charge is 2.25. The molecule has 0 spiro atoms. The molecule has 9 heteroatoms. The maximum absolute atomic E-state index is 13.5. The van der Waals surface area contributed by atoms with E-state index < -0.39 is 11.9 Å². The van der Waals surface area contributed by atoms with Gasteiger partial charge < -0.3 is 9.47 Å². The quantitative estimate of drug-likeness (QED) is 0.241. The van der Waals surface area contributed by atoms with Crippen molar-refractivity contribution in [1.82, 2.24) is 5.32 Å². The van der Waals surface area contributed by atoms with Crippen molar-refractivity contribution in [3.8, 4) is 0 Å². The van der Waals surface area contributed by atoms with Crippen LogP contribution in [0, 0.1) is 5.82 Å². The average Bonchev–Trinajstić information content (AvgIpc) is 2.99. The standard InChI is InChI=1S/C18H20FN3O4S/c1-3-4-7-26-11-13-8-14(19)6-5-12(13)10-20-22-18-21-17(24)15(27-18)9-16(23)25-2/h5-6,8-10H,3-4,7,11H2,1-2H3,(H,21,22,24)/b15-9+,20-10?. The zero-order valence-corrected chi connectivity index (χ0v) is 15.8. The number of unbranched alkanes of at least 4 members (excludes halogenated alkanes) is 1. The van der Waals surface area contributed by atoms with Crippen molar-refractivity contribution in [3.63, 3.8) is 0 Å². The molecule has 7 nitrogen and oxygen atoms in total. The maximum atomic E-state index is 13.5. The van der Waals surface area contributed by atoms with Crippen LogP contribution in [0.3, 0.4) is 0 Å². The van der Waals surface area contributed by atoms with E-state index in [-0.39, 0.29) is 22.5 Å². The number of ether oxygens (including phenoxy) is 2. The molecule has 1 aliphatic rings. The number of amides is 1. The molecule has 0 atom stereocenters. The molecule has 0 unspecified atom stereocenters. The lowest BCUT2D eigenvalue weighted by atomic mass is 10.1. The number of halogens is 1. The lowest BCUT2D eigenvalue weighted by Crippen LogP contribution is -2.19. The summed E-state index contributed by atoms with van der Waals surface area (Å²) in [6.45, 7) is 2.94. The largest absolute Gasteiger partial charge is 0.466 e. The van der Waals surface area contributed by atoms with Crippen LogP contribution in [-0.4, -0.2) is 37.0 Å². The number of rotatable bonds is 8. The van der Waals surface area contributed by atoms with Gasteiger partial charge in [0.2, 0.25) is 0 Å². The number of amidine groups is 1. The second kappa shape index (κ2) is 10.6. The van der Waals surface area contributed by atoms with Crippen molar-refractivity contribution in [2.75, 3.05) is 13.7 Å². The van der Waals surface area contributed by atoms with E-state index >= 15 is 0 Å². The first-order chi connectivity index (χ1) is 13.0. The number of carbonyl (C=O) groups is 2. The summed E-state index contributed by atoms with van der Waals surface area (Å²) in [6.07, 6.45) is 4.49. The van der Waals surface area contributed by atoms with Gasteiger partial charge in [0.25, 0.3) is 5.91 Å². The van der Waals surface area contributed by atoms with E-state index in [0.717, 1.165) is 30.7 Å². The number of hydrogen-bond donors (Lipinski definition) is 1. The first kappa shape index (κ1) is 20.8. The van der Waals surface area contributed by atoms with Gasteiger partial charge in [-0.05, 0) is 35.9 Å². The van der Waals surface area contributed by atoms with Gasteiger partial charge in [-0.3, -0.25) is 10.1 Å². The van der Waals surface area contributed by atoms with Crippen LogP contribution in [-0.2, 0) is 25.7 Å². The van der Waals surface area contributed by atoms with Crippen molar-refractivity contribution in [2.45, 2.75) is 26.4 Å². The topological polar surface area (TPSA) is 89.4 Å². The van der Waals surface area contributed by atoms with Crippen LogP contribution in [0.25, 0.3) is 0 Å². The van der Waals surface area contributed by atoms with Crippen LogP contribution in [0.4, 0.5) is 4.39 Å². The fourth-order valence-electron chi connectivity index (χ4n) is 2.04. The molecule has 0 aromatic heterocycles. The fourth-order valence-corrected chi connectivity index (χ4v) is 2.78. The molecule has 0 radical (unpaired) electrons. The Morgan fingerprint density at radius 1 is 1.41 bits per heavy atom. The number of benzene rings is 1. The highest BCUT2D eigenvalue weighted by molar-refractivity contribution is 8.18. The van der Waals surface area contributed by atoms with Gasteiger partial charge in [-0.1, -0.05) is 19.4 Å². The summed E-state index contributed by atoms with van der Waals surface area (Å²) < 4.78 is 23.5. The molecule has 2 rings (SSSR count). The SMILES string of the molecule is CCCCOCc1cc(F)ccc1C=N/N=C1/NC(=O)/C(=C\C(=O)OC)S1. The third kappa shape index (κ3) is 6.61. The molecule has 1 aromatic rings. The van der Waals surface area contributed by atoms with E-state index in [9.17, 15) is 14.0 Å². The van der Waals surface area contributed by atoms with Crippen LogP contribution in [0.5, 0.6) is 0 Å². The molecule has 27 heavy (non-hydrogen) atoms. The summed E-state index contributed by atoms with van der Waals surface area (Å²) in [5, 5.41) is 10.6. The number of thioether (sulfide) groups is 1. The molecule has 1 aromatic carbocycles. The van der Waals surface area contributed by atoms with Crippen molar-refractivity contribution < 1.29 is 23.5 Å². The molecule has 1 fully saturated rings. The molecule has 1 amide bonds. The zero-order valence-electron chi connectivity index (χ0n) is 15.0. The molecular formula is C18H20FN3O4S. The Morgan fingerprint density at radius 3 is 2.96 bits per heavy atom. The first-order valence-electron chi connectivity index (χ1n) is 8.29. The van der Waals surface area contributed by atoms with Crippen LogP contribution in [0.2, 0.25) is 0 Å². The van der Waals surface area contributed by atoms with Gasteiger partial charge in [-0.25, -0.2) is 9.18 Å². The number of esters is 1. The summed E-state index contributed by atoms with van der Waals surface area (Å²) >= 11 is 0.975. The molecule has 1 heterocycles. The van der Waals surface area contributed by atoms with Crippen molar-refractivity contribution in [3.05, 3.63) is 46.1 Å². The lowest BCUT2D eigenvalue weighted by Gasteiger charge is -2.07. The normalized spacial score (nSPS) is 17.1. The Morgan fingerprint density at radius 2 is 2.22 bits per heavy atom. The van der Waals surface area contributed by atoms with E-state index in [1.807, 2.05) is 0 Å². The third-order valence-corrected chi connectivity index (χ3v) is 4.35. The van der Waals surface area contributed by atoms with Gasteiger partial charge in [0, 0.05) is 18.2 Å². The Hall–Kier alpha value is -2.52. The number of nitrogens with zero attached hydrogens (tertiary/aromatic N) is 2. The zero-order chi connectivity index (χ0) is 19.6. The van der Waals surface area contributed by atoms with Gasteiger partial charge in [-0.15, -0.1) is 5.10 Å². The monoisotopic (exact) mass is 393 g/mol. The highest BCUT2D eigenvalue weighted by Crippen LogP contribution is 2.23. The molecule has 1 saturated heterocycles. The van der Waals surface area contributed by atoms with Gasteiger partial charge in [0.1, 0.15) is 5.82 Å². The number of hydrogen-bond acceptors (Lipinski definition) is 7. The summed E-state index contributed by atoms with van der Waals surface area (Å²) in [7, 11) is 1.22. The highest BCUT2D eigenvalue weighted by atomic mass is 32.2. The fraction of sp³-hybridized carbons (Fsp3) is 0.333. The van der Waals surface area contributed by atoms with E-state index in [4.69, 9.17) is 4.74 Å². The van der Waals surface area contributed by atoms with Crippen molar-refractivity contribution in [2.24, 2.45) is 10.2 Å². The van der Waals surface area contributed by atoms with E-state index in [1.54, 1.807) is 6.07 Å². The molecule has 0 saturated carbocycles. The molecule has 144 valence electrons. The van der Waals surface area contributed by atoms with Gasteiger partial charge >= 0.3 is 5.97 Å². The predicted octanol–water partition coefficient (Wildman–Crippen LogP) is 2.75. The van der Waals surface area contributed by atoms with Crippen LogP contribution in [0.15, 0.2) is 39.4 Å². The number of methoxy groups -OCH3 is 1. The summed E-state index contributed by atoms with van der Waals surface area (Å²) in [5.74, 6) is -1.44. The predicted molar refractivity (Wildman–Crippen MR) is 102 cm³/mol. The molecular weight excluding hydrogens is 373 g/mol. The minimum Gasteiger partial charge on any atom is -0.466 e. The maximum Gasteiger partial charge on any atom is 0.331 e. The minimum atomic E-state index is -0.628. The molecule has 1 N–H and O–H groups in total. The number of nitrogens with one attached hydrogen (secondary N) is 1. The molecule has 0 bridgehead atoms. The van der Waals surface area contributed by atoms with Gasteiger partial charge in [0.05, 0.1) is 24.8 Å². The van der Waals surface area contributed by atoms with E-state index in [2.05, 4.69) is 27.2 Å². The van der Waals surface area contributed by atoms with Crippen LogP contribution in [0.1, 0.15) is 30.9 Å². The Bertz CT molecular complexity index is 793. The average molecular weight is 393 g/mol. The minimum absolute atomic E-state index is 0.169. The number of carbonyl (C=O) groups excluding carboxylic acids is 2. The summed E-state index contributed by atoms with van der Waals surface area (Å²) in [5.41, 5.74) is 1.32. The first-order valence-corrected chi connectivity index (χ1v) is 9.11. The molecule has 0 aliphatic carbocycles. The van der Waals surface area contributed by atoms with Gasteiger partial charge in [-0.2, -0.15) is 5.10 Å². The van der Waals surface area contributed by atoms with Crippen LogP contribution >= 0.6 is 11.8 Å². The third-order valence-electron chi connectivity index (χ3n) is 3.45. The van der Waals surface area contributed by atoms with Crippen molar-refractivity contribution in [1.29, 1.82) is 0 Å². The smallest absolute Gasteiger partial charge is 0.331 e. The van der Waals surface area contributed by atoms with Crippen LogP contribution < -0.4 is 5.32 Å². The van der Waals surface area contributed by atoms with E-state index in [0.29, 0.717) is 17.7 Å². The Kier molecular flexibility index (Phi) is 8.15. The van der Waals surface area contributed by atoms with Crippen molar-refractivity contribution >= 4 is 35.0 Å². The lowest BCUT2D eigenvalue weighted by molar-refractivity contribution is -0.135. The van der Waals surface area contributed by atoms with Gasteiger partial charge in [0.15, 0.2) is 5.17 Å². The second-order valence-electron chi connectivity index (χ2n) is 5.49. The summed E-state index contributed by atoms with van der Waals surface area (Å²) in [4.78, 5) is 23.1. The Labute approximate surface area is 160 Å². The van der Waals surface area contributed by atoms with E-state index in [1.165, 1.54) is 25.5 Å². The summed E-state index contributed by atoms with van der Waals surface area (Å²) in [6, 6.07) is 4.30. The molecule has 1 aliphatic heterocycles.